The molecular formula is C18H25N3O3S2. The fourth-order valence-electron chi connectivity index (χ4n) is 2.45. The van der Waals surface area contributed by atoms with Crippen molar-refractivity contribution in [3.8, 4) is 0 Å². The lowest BCUT2D eigenvalue weighted by Gasteiger charge is -2.20. The van der Waals surface area contributed by atoms with Crippen LogP contribution in [-0.2, 0) is 9.84 Å². The molecule has 0 spiro atoms. The van der Waals surface area contributed by atoms with E-state index < -0.39 is 15.1 Å². The van der Waals surface area contributed by atoms with E-state index in [0.29, 0.717) is 16.3 Å². The number of hydrogen-bond acceptors (Lipinski definition) is 5. The van der Waals surface area contributed by atoms with Crippen LogP contribution >= 0.6 is 11.3 Å². The van der Waals surface area contributed by atoms with Gasteiger partial charge in [0.1, 0.15) is 9.46 Å². The third-order valence-corrected chi connectivity index (χ3v) is 7.45. The zero-order chi connectivity index (χ0) is 19.2. The van der Waals surface area contributed by atoms with E-state index in [1.165, 1.54) is 11.3 Å². The van der Waals surface area contributed by atoms with Crippen LogP contribution in [0.15, 0.2) is 46.0 Å². The fraction of sp³-hybridized carbons (Fsp3) is 0.389. The van der Waals surface area contributed by atoms with Crippen molar-refractivity contribution < 1.29 is 13.2 Å². The molecule has 2 amide bonds. The minimum absolute atomic E-state index is 0.0110. The van der Waals surface area contributed by atoms with Gasteiger partial charge in [0.15, 0.2) is 9.84 Å². The number of urea groups is 1. The van der Waals surface area contributed by atoms with Gasteiger partial charge in [-0.15, -0.1) is 11.3 Å². The Hall–Kier alpha value is -2.06. The number of carbonyl (C=O) groups is 1. The maximum atomic E-state index is 13.1. The highest BCUT2D eigenvalue weighted by atomic mass is 32.2. The number of benzene rings is 1. The van der Waals surface area contributed by atoms with E-state index in [2.05, 4.69) is 10.6 Å². The predicted octanol–water partition coefficient (Wildman–Crippen LogP) is 3.04. The van der Waals surface area contributed by atoms with Gasteiger partial charge in [-0.3, -0.25) is 0 Å². The van der Waals surface area contributed by atoms with E-state index in [4.69, 9.17) is 0 Å². The van der Waals surface area contributed by atoms with Gasteiger partial charge in [-0.25, -0.2) is 13.2 Å². The average molecular weight is 396 g/mol. The van der Waals surface area contributed by atoms with Crippen LogP contribution in [0.3, 0.4) is 0 Å². The molecule has 0 bridgehead atoms. The molecule has 0 radical (unpaired) electrons. The van der Waals surface area contributed by atoms with Gasteiger partial charge < -0.3 is 15.5 Å². The second-order valence-electron chi connectivity index (χ2n) is 6.09. The van der Waals surface area contributed by atoms with Gasteiger partial charge in [-0.1, -0.05) is 25.1 Å². The maximum Gasteiger partial charge on any atom is 0.314 e. The Morgan fingerprint density at radius 3 is 2.38 bits per heavy atom. The molecular weight excluding hydrogens is 370 g/mol. The highest BCUT2D eigenvalue weighted by Gasteiger charge is 2.30. The number of nitrogens with zero attached hydrogens (tertiary/aromatic N) is 1. The number of thiophene rings is 1. The van der Waals surface area contributed by atoms with Crippen molar-refractivity contribution in [2.75, 3.05) is 32.1 Å². The summed E-state index contributed by atoms with van der Waals surface area (Å²) in [4.78, 5) is 13.8. The second-order valence-corrected chi connectivity index (χ2v) is 9.39. The van der Waals surface area contributed by atoms with E-state index in [0.717, 1.165) is 12.1 Å². The van der Waals surface area contributed by atoms with Crippen LogP contribution in [0.1, 0.15) is 24.2 Å². The van der Waals surface area contributed by atoms with Crippen molar-refractivity contribution in [2.45, 2.75) is 22.8 Å². The molecule has 2 N–H and O–H groups in total. The minimum atomic E-state index is -3.60. The SMILES string of the molecule is CCCNC(=O)NC[C@H](c1ccc(N(C)C)cc1)S(=O)(=O)c1cccs1. The molecule has 1 heterocycles. The van der Waals surface area contributed by atoms with Crippen LogP contribution < -0.4 is 15.5 Å². The molecule has 0 aliphatic carbocycles. The largest absolute Gasteiger partial charge is 0.378 e. The van der Waals surface area contributed by atoms with Gasteiger partial charge in [-0.2, -0.15) is 0 Å². The highest BCUT2D eigenvalue weighted by molar-refractivity contribution is 7.93. The summed E-state index contributed by atoms with van der Waals surface area (Å²) in [7, 11) is 0.253. The first-order chi connectivity index (χ1) is 12.4. The first-order valence-corrected chi connectivity index (χ1v) is 10.8. The van der Waals surface area contributed by atoms with Crippen molar-refractivity contribution in [3.63, 3.8) is 0 Å². The molecule has 26 heavy (non-hydrogen) atoms. The Morgan fingerprint density at radius 1 is 1.15 bits per heavy atom. The van der Waals surface area contributed by atoms with Crippen molar-refractivity contribution in [3.05, 3.63) is 47.3 Å². The Labute approximate surface area is 159 Å². The molecule has 0 saturated carbocycles. The molecule has 6 nitrogen and oxygen atoms in total. The number of carbonyl (C=O) groups excluding carboxylic acids is 1. The van der Waals surface area contributed by atoms with Crippen molar-refractivity contribution in [2.24, 2.45) is 0 Å². The van der Waals surface area contributed by atoms with Gasteiger partial charge in [0.25, 0.3) is 0 Å². The molecule has 0 aliphatic rings. The van der Waals surface area contributed by atoms with Gasteiger partial charge >= 0.3 is 6.03 Å². The van der Waals surface area contributed by atoms with E-state index in [9.17, 15) is 13.2 Å². The fourth-order valence-corrected chi connectivity index (χ4v) is 5.31. The number of amides is 2. The topological polar surface area (TPSA) is 78.5 Å². The number of anilines is 1. The quantitative estimate of drug-likeness (QED) is 0.720. The average Bonchev–Trinajstić information content (AvgIpc) is 3.16. The number of sulfone groups is 1. The van der Waals surface area contributed by atoms with E-state index in [1.54, 1.807) is 29.6 Å². The maximum absolute atomic E-state index is 13.1. The van der Waals surface area contributed by atoms with Gasteiger partial charge in [0, 0.05) is 32.9 Å². The van der Waals surface area contributed by atoms with Crippen LogP contribution in [0, 0.1) is 0 Å². The lowest BCUT2D eigenvalue weighted by atomic mass is 10.1. The molecule has 1 aromatic carbocycles. The molecule has 2 rings (SSSR count). The van der Waals surface area contributed by atoms with Gasteiger partial charge in [0.2, 0.25) is 0 Å². The smallest absolute Gasteiger partial charge is 0.314 e. The molecule has 0 unspecified atom stereocenters. The van der Waals surface area contributed by atoms with Crippen LogP contribution in [0.2, 0.25) is 0 Å². The van der Waals surface area contributed by atoms with Crippen molar-refractivity contribution >= 4 is 32.9 Å². The third-order valence-electron chi connectivity index (χ3n) is 3.91. The minimum Gasteiger partial charge on any atom is -0.378 e. The molecule has 8 heteroatoms. The zero-order valence-corrected chi connectivity index (χ0v) is 16.9. The van der Waals surface area contributed by atoms with E-state index in [-0.39, 0.29) is 12.6 Å². The molecule has 0 aliphatic heterocycles. The summed E-state index contributed by atoms with van der Waals surface area (Å²) in [6.07, 6.45) is 0.816. The number of nitrogens with one attached hydrogen (secondary N) is 2. The normalized spacial score (nSPS) is 12.4. The molecule has 1 atom stereocenters. The summed E-state index contributed by atoms with van der Waals surface area (Å²) in [6, 6.07) is 10.3. The van der Waals surface area contributed by atoms with E-state index >= 15 is 0 Å². The Bertz CT molecular complexity index is 801. The Balaban J connectivity index is 2.28. The molecule has 0 saturated heterocycles. The van der Waals surface area contributed by atoms with Crippen LogP contribution in [-0.4, -0.2) is 41.6 Å². The first-order valence-electron chi connectivity index (χ1n) is 8.42. The third kappa shape index (κ3) is 4.98. The van der Waals surface area contributed by atoms with Crippen LogP contribution in [0.5, 0.6) is 0 Å². The summed E-state index contributed by atoms with van der Waals surface area (Å²) in [5.74, 6) is 0. The van der Waals surface area contributed by atoms with Crippen molar-refractivity contribution in [1.29, 1.82) is 0 Å². The van der Waals surface area contributed by atoms with Crippen molar-refractivity contribution in [1.82, 2.24) is 10.6 Å². The molecule has 2 aromatic rings. The summed E-state index contributed by atoms with van der Waals surface area (Å²) in [5, 5.41) is 6.28. The zero-order valence-electron chi connectivity index (χ0n) is 15.2. The lowest BCUT2D eigenvalue weighted by Crippen LogP contribution is -2.39. The Kier molecular flexibility index (Phi) is 7.05. The Morgan fingerprint density at radius 2 is 1.85 bits per heavy atom. The summed E-state index contributed by atoms with van der Waals surface area (Å²) in [6.45, 7) is 2.51. The number of rotatable bonds is 8. The molecule has 142 valence electrons. The van der Waals surface area contributed by atoms with Crippen LogP contribution in [0.4, 0.5) is 10.5 Å². The summed E-state index contributed by atoms with van der Waals surface area (Å²) >= 11 is 1.18. The highest BCUT2D eigenvalue weighted by Crippen LogP contribution is 2.32. The number of hydrogen-bond donors (Lipinski definition) is 2. The lowest BCUT2D eigenvalue weighted by molar-refractivity contribution is 0.241. The predicted molar refractivity (Wildman–Crippen MR) is 107 cm³/mol. The standard InChI is InChI=1S/C18H25N3O3S2/c1-4-11-19-18(22)20-13-16(26(23,24)17-6-5-12-25-17)14-7-9-15(10-8-14)21(2)3/h5-10,12,16H,4,11,13H2,1-3H3,(H2,19,20,22)/t16-/m1/s1. The first kappa shape index (κ1) is 20.3. The van der Waals surface area contributed by atoms with Gasteiger partial charge in [0.05, 0.1) is 0 Å². The summed E-state index contributed by atoms with van der Waals surface area (Å²) in [5.41, 5.74) is 1.63. The van der Waals surface area contributed by atoms with E-state index in [1.807, 2.05) is 38.1 Å². The molecule has 1 aromatic heterocycles. The summed E-state index contributed by atoms with van der Waals surface area (Å²) < 4.78 is 26.4. The van der Waals surface area contributed by atoms with Crippen LogP contribution in [0.25, 0.3) is 0 Å². The second kappa shape index (κ2) is 9.05. The molecule has 0 fully saturated rings. The van der Waals surface area contributed by atoms with Gasteiger partial charge in [-0.05, 0) is 35.6 Å². The monoisotopic (exact) mass is 395 g/mol.